The highest BCUT2D eigenvalue weighted by atomic mass is 16.6. The van der Waals surface area contributed by atoms with Gasteiger partial charge in [0.25, 0.3) is 0 Å². The number of rotatable bonds is 5. The number of aliphatic hydroxyl groups is 2. The first-order valence-corrected chi connectivity index (χ1v) is 8.46. The second-order valence-corrected chi connectivity index (χ2v) is 6.30. The van der Waals surface area contributed by atoms with E-state index in [2.05, 4.69) is 32.1 Å². The van der Waals surface area contributed by atoms with Crippen molar-refractivity contribution in [1.29, 1.82) is 0 Å². The van der Waals surface area contributed by atoms with E-state index in [0.717, 1.165) is 0 Å². The van der Waals surface area contributed by atoms with Crippen molar-refractivity contribution in [1.82, 2.24) is 19.5 Å². The van der Waals surface area contributed by atoms with Gasteiger partial charge in [0.2, 0.25) is 0 Å². The molecule has 1 amide bonds. The van der Waals surface area contributed by atoms with Crippen LogP contribution in [0.25, 0.3) is 11.2 Å². The van der Waals surface area contributed by atoms with E-state index in [-0.39, 0.29) is 18.5 Å². The quantitative estimate of drug-likeness (QED) is 0.614. The fourth-order valence-electron chi connectivity index (χ4n) is 2.77. The second kappa shape index (κ2) is 7.98. The van der Waals surface area contributed by atoms with Crippen molar-refractivity contribution >= 4 is 22.9 Å². The molecule has 0 radical (unpaired) electrons. The maximum atomic E-state index is 11.7. The number of nitrogens with zero attached hydrogens (tertiary/aromatic N) is 4. The molecule has 0 saturated carbocycles. The van der Waals surface area contributed by atoms with E-state index in [1.807, 2.05) is 13.8 Å². The molecule has 0 spiro atoms. The molecule has 1 aliphatic rings. The highest BCUT2D eigenvalue weighted by molar-refractivity contribution is 6.06. The van der Waals surface area contributed by atoms with Gasteiger partial charge in [-0.1, -0.05) is 5.92 Å². The van der Waals surface area contributed by atoms with Gasteiger partial charge in [-0.05, 0) is 26.7 Å². The Bertz CT molecular complexity index is 887. The molecule has 0 aromatic carbocycles. The van der Waals surface area contributed by atoms with E-state index < -0.39 is 30.4 Å². The molecule has 2 aromatic rings. The second-order valence-electron chi connectivity index (χ2n) is 6.30. The lowest BCUT2D eigenvalue weighted by molar-refractivity contribution is -0.111. The molecule has 3 heterocycles. The molecule has 2 aromatic heterocycles. The van der Waals surface area contributed by atoms with Crippen LogP contribution in [0.1, 0.15) is 27.0 Å². The summed E-state index contributed by atoms with van der Waals surface area (Å²) in [5.74, 6) is 4.52. The van der Waals surface area contributed by atoms with Crippen LogP contribution in [0.15, 0.2) is 12.7 Å². The standard InChI is InChI=1S/C17H21N5O5/c1-4-5-11(23)21-15-12-16(19-7-18-15)22(8-20-12)17-14(25)13(24)10(27-17)6-26-9(2)3/h7-10,13-14,17,24-25H,6H2,1-3H3,(H,18,19,21,23)/t10-,13-,14-,17-/m1/s1. The first-order valence-electron chi connectivity index (χ1n) is 8.46. The number of carbonyl (C=O) groups excluding carboxylic acids is 1. The molecule has 1 aliphatic heterocycles. The number of ether oxygens (including phenoxy) is 2. The lowest BCUT2D eigenvalue weighted by atomic mass is 10.1. The molecule has 1 saturated heterocycles. The number of aliphatic hydroxyl groups excluding tert-OH is 2. The SMILES string of the molecule is CC#CC(=O)Nc1ncnc2c1ncn2[C@@H]1O[C@H](COC(C)C)[C@@H](O)[C@H]1O. The molecule has 10 nitrogen and oxygen atoms in total. The van der Waals surface area contributed by atoms with Crippen LogP contribution in [0.4, 0.5) is 5.82 Å². The predicted molar refractivity (Wildman–Crippen MR) is 94.4 cm³/mol. The van der Waals surface area contributed by atoms with Gasteiger partial charge in [0.05, 0.1) is 19.0 Å². The van der Waals surface area contributed by atoms with E-state index in [1.165, 1.54) is 17.2 Å². The van der Waals surface area contributed by atoms with Crippen LogP contribution >= 0.6 is 0 Å². The largest absolute Gasteiger partial charge is 0.387 e. The Morgan fingerprint density at radius 1 is 1.37 bits per heavy atom. The van der Waals surface area contributed by atoms with Gasteiger partial charge in [-0.3, -0.25) is 14.7 Å². The van der Waals surface area contributed by atoms with Crippen molar-refractivity contribution in [3.63, 3.8) is 0 Å². The molecule has 0 bridgehead atoms. The smallest absolute Gasteiger partial charge is 0.301 e. The third-order valence-electron chi connectivity index (χ3n) is 4.03. The van der Waals surface area contributed by atoms with E-state index in [9.17, 15) is 15.0 Å². The van der Waals surface area contributed by atoms with Gasteiger partial charge < -0.3 is 19.7 Å². The van der Waals surface area contributed by atoms with E-state index in [1.54, 1.807) is 6.92 Å². The molecule has 10 heteroatoms. The summed E-state index contributed by atoms with van der Waals surface area (Å²) < 4.78 is 12.7. The van der Waals surface area contributed by atoms with Gasteiger partial charge in [0, 0.05) is 0 Å². The summed E-state index contributed by atoms with van der Waals surface area (Å²) in [5, 5.41) is 23.2. The number of aromatic nitrogens is 4. The van der Waals surface area contributed by atoms with E-state index in [0.29, 0.717) is 11.2 Å². The Labute approximate surface area is 155 Å². The lowest BCUT2D eigenvalue weighted by Crippen LogP contribution is -2.34. The maximum absolute atomic E-state index is 11.7. The van der Waals surface area contributed by atoms with E-state index >= 15 is 0 Å². The van der Waals surface area contributed by atoms with Crippen LogP contribution in [0.3, 0.4) is 0 Å². The van der Waals surface area contributed by atoms with E-state index in [4.69, 9.17) is 9.47 Å². The van der Waals surface area contributed by atoms with Crippen LogP contribution in [-0.4, -0.2) is 66.7 Å². The number of anilines is 1. The third kappa shape index (κ3) is 3.91. The first-order chi connectivity index (χ1) is 12.9. The summed E-state index contributed by atoms with van der Waals surface area (Å²) >= 11 is 0. The Kier molecular flexibility index (Phi) is 5.67. The highest BCUT2D eigenvalue weighted by Crippen LogP contribution is 2.32. The van der Waals surface area contributed by atoms with Crippen LogP contribution in [-0.2, 0) is 14.3 Å². The summed E-state index contributed by atoms with van der Waals surface area (Å²) in [7, 11) is 0. The van der Waals surface area contributed by atoms with Crippen LogP contribution in [0, 0.1) is 11.8 Å². The van der Waals surface area contributed by atoms with Crippen molar-refractivity contribution in [2.45, 2.75) is 51.4 Å². The van der Waals surface area contributed by atoms with Crippen LogP contribution in [0.2, 0.25) is 0 Å². The summed E-state index contributed by atoms with van der Waals surface area (Å²) in [5.41, 5.74) is 0.655. The lowest BCUT2D eigenvalue weighted by Gasteiger charge is -2.17. The number of carbonyl (C=O) groups is 1. The molecule has 4 atom stereocenters. The zero-order chi connectivity index (χ0) is 19.6. The zero-order valence-corrected chi connectivity index (χ0v) is 15.2. The van der Waals surface area contributed by atoms with Crippen LogP contribution in [0.5, 0.6) is 0 Å². The minimum absolute atomic E-state index is 0.0313. The molecule has 0 unspecified atom stereocenters. The minimum atomic E-state index is -1.19. The van der Waals surface area contributed by atoms with Crippen molar-refractivity contribution in [2.24, 2.45) is 0 Å². The molecule has 3 rings (SSSR count). The van der Waals surface area contributed by atoms with Crippen molar-refractivity contribution in [2.75, 3.05) is 11.9 Å². The summed E-state index contributed by atoms with van der Waals surface area (Å²) in [4.78, 5) is 24.1. The van der Waals surface area contributed by atoms with Gasteiger partial charge in [0.15, 0.2) is 23.2 Å². The summed E-state index contributed by atoms with van der Waals surface area (Å²) in [6, 6.07) is 0. The summed E-state index contributed by atoms with van der Waals surface area (Å²) in [6.07, 6.45) is -1.27. The Hall–Kier alpha value is -2.58. The average molecular weight is 375 g/mol. The van der Waals surface area contributed by atoms with Crippen molar-refractivity contribution < 1.29 is 24.5 Å². The molecule has 0 aliphatic carbocycles. The Morgan fingerprint density at radius 2 is 2.15 bits per heavy atom. The van der Waals surface area contributed by atoms with Crippen molar-refractivity contribution in [3.05, 3.63) is 12.7 Å². The molecular weight excluding hydrogens is 354 g/mol. The molecule has 3 N–H and O–H groups in total. The molecule has 27 heavy (non-hydrogen) atoms. The number of nitrogens with one attached hydrogen (secondary N) is 1. The number of imidazole rings is 1. The van der Waals surface area contributed by atoms with Crippen molar-refractivity contribution in [3.8, 4) is 11.8 Å². The Morgan fingerprint density at radius 3 is 2.85 bits per heavy atom. The fourth-order valence-corrected chi connectivity index (χ4v) is 2.77. The topological polar surface area (TPSA) is 132 Å². The van der Waals surface area contributed by atoms with Gasteiger partial charge in [-0.2, -0.15) is 0 Å². The van der Waals surface area contributed by atoms with Crippen LogP contribution < -0.4 is 5.32 Å². The average Bonchev–Trinajstić information content (AvgIpc) is 3.16. The normalized spacial score (nSPS) is 24.8. The molecule has 1 fully saturated rings. The minimum Gasteiger partial charge on any atom is -0.387 e. The van der Waals surface area contributed by atoms with Gasteiger partial charge in [0.1, 0.15) is 24.6 Å². The number of hydrogen-bond acceptors (Lipinski definition) is 8. The zero-order valence-electron chi connectivity index (χ0n) is 15.2. The Balaban J connectivity index is 1.86. The molecular formula is C17H21N5O5. The van der Waals surface area contributed by atoms with Gasteiger partial charge in [-0.15, -0.1) is 0 Å². The number of fused-ring (bicyclic) bond motifs is 1. The number of amides is 1. The van der Waals surface area contributed by atoms with Gasteiger partial charge >= 0.3 is 5.91 Å². The first kappa shape index (κ1) is 19.2. The summed E-state index contributed by atoms with van der Waals surface area (Å²) in [6.45, 7) is 5.43. The maximum Gasteiger partial charge on any atom is 0.301 e. The predicted octanol–water partition coefficient (Wildman–Crippen LogP) is -0.168. The third-order valence-corrected chi connectivity index (χ3v) is 4.03. The van der Waals surface area contributed by atoms with Gasteiger partial charge in [-0.25, -0.2) is 15.0 Å². The number of hydrogen-bond donors (Lipinski definition) is 3. The highest BCUT2D eigenvalue weighted by Gasteiger charge is 2.44. The monoisotopic (exact) mass is 375 g/mol. The molecule has 144 valence electrons. The fraction of sp³-hybridized carbons (Fsp3) is 0.529.